The normalized spacial score (nSPS) is 20.6. The number of aromatic nitrogens is 4. The van der Waals surface area contributed by atoms with Crippen LogP contribution in [0.4, 0.5) is 5.82 Å². The van der Waals surface area contributed by atoms with Crippen molar-refractivity contribution in [2.75, 3.05) is 37.8 Å². The number of nitrogens with one attached hydrogen (secondary N) is 1. The van der Waals surface area contributed by atoms with Gasteiger partial charge in [-0.2, -0.15) is 5.10 Å². The second kappa shape index (κ2) is 7.37. The molecule has 0 aromatic carbocycles. The van der Waals surface area contributed by atoms with E-state index in [1.54, 1.807) is 12.3 Å². The Bertz CT molecular complexity index is 986. The van der Waals surface area contributed by atoms with Crippen LogP contribution >= 0.6 is 0 Å². The van der Waals surface area contributed by atoms with Gasteiger partial charge >= 0.3 is 0 Å². The molecule has 0 bridgehead atoms. The Morgan fingerprint density at radius 3 is 2.86 bits per heavy atom. The molecule has 2 fully saturated rings. The quantitative estimate of drug-likeness (QED) is 0.749. The molecule has 28 heavy (non-hydrogen) atoms. The van der Waals surface area contributed by atoms with E-state index < -0.39 is 0 Å². The molecular formula is C20H23N5O3. The number of fused-ring (bicyclic) bond motifs is 1. The number of H-pyrrole nitrogens is 1. The van der Waals surface area contributed by atoms with Crippen LogP contribution in [0.25, 0.3) is 22.6 Å². The molecule has 0 saturated carbocycles. The van der Waals surface area contributed by atoms with Crippen LogP contribution < -0.4 is 10.3 Å². The number of ether oxygens (including phenoxy) is 2. The van der Waals surface area contributed by atoms with Gasteiger partial charge in [0.05, 0.1) is 30.3 Å². The third kappa shape index (κ3) is 3.08. The molecule has 8 nitrogen and oxygen atoms in total. The highest BCUT2D eigenvalue weighted by atomic mass is 16.5. The van der Waals surface area contributed by atoms with Crippen molar-refractivity contribution in [1.29, 1.82) is 0 Å². The molecule has 1 aromatic heterocycles. The number of morpholine rings is 1. The minimum Gasteiger partial charge on any atom is -0.378 e. The Hall–Kier alpha value is -2.71. The van der Waals surface area contributed by atoms with Crippen LogP contribution in [0, 0.1) is 0 Å². The lowest BCUT2D eigenvalue weighted by Gasteiger charge is -2.28. The molecular weight excluding hydrogens is 358 g/mol. The van der Waals surface area contributed by atoms with Crippen molar-refractivity contribution in [2.24, 2.45) is 0 Å². The molecule has 8 heteroatoms. The molecule has 0 radical (unpaired) electrons. The molecule has 5 heterocycles. The first-order chi connectivity index (χ1) is 13.8. The van der Waals surface area contributed by atoms with Crippen LogP contribution in [0.3, 0.4) is 0 Å². The standard InChI is InChI=1S/C20H23N5O3/c26-16-13-14-4-6-21-19(18(14)23-20(16)24-8-11-27-12-9-24)15-5-7-22-25(15)17-3-1-2-10-28-17/h4-7,13,17,21H,1-3,8-12H2. The van der Waals surface area contributed by atoms with Crippen molar-refractivity contribution in [3.05, 3.63) is 40.8 Å². The summed E-state index contributed by atoms with van der Waals surface area (Å²) in [5.41, 5.74) is 3.28. The molecule has 1 atom stereocenters. The third-order valence-corrected chi connectivity index (χ3v) is 5.39. The van der Waals surface area contributed by atoms with E-state index in [1.807, 2.05) is 27.9 Å². The van der Waals surface area contributed by atoms with Crippen molar-refractivity contribution in [3.63, 3.8) is 0 Å². The Balaban J connectivity index is 1.61. The molecule has 1 unspecified atom stereocenters. The van der Waals surface area contributed by atoms with Crippen LogP contribution in [0.5, 0.6) is 0 Å². The molecule has 1 aromatic rings. The Morgan fingerprint density at radius 1 is 1.14 bits per heavy atom. The van der Waals surface area contributed by atoms with Gasteiger partial charge in [0.2, 0.25) is 5.43 Å². The number of hydrogen-bond donors (Lipinski definition) is 1. The van der Waals surface area contributed by atoms with Gasteiger partial charge in [-0.3, -0.25) is 4.79 Å². The second-order valence-electron chi connectivity index (χ2n) is 7.18. The zero-order valence-corrected chi connectivity index (χ0v) is 15.6. The van der Waals surface area contributed by atoms with E-state index in [0.717, 1.165) is 48.5 Å². The highest BCUT2D eigenvalue weighted by Gasteiger charge is 2.24. The largest absolute Gasteiger partial charge is 0.378 e. The minimum atomic E-state index is -0.0695. The van der Waals surface area contributed by atoms with Crippen molar-refractivity contribution in [1.82, 2.24) is 19.7 Å². The van der Waals surface area contributed by atoms with Gasteiger partial charge in [-0.05, 0) is 37.5 Å². The molecule has 2 saturated heterocycles. The van der Waals surface area contributed by atoms with Gasteiger partial charge in [0.1, 0.15) is 0 Å². The van der Waals surface area contributed by atoms with Crippen LogP contribution in [-0.4, -0.2) is 52.7 Å². The number of aromatic amines is 1. The monoisotopic (exact) mass is 381 g/mol. The molecule has 4 aliphatic heterocycles. The number of rotatable bonds is 3. The van der Waals surface area contributed by atoms with E-state index in [9.17, 15) is 4.79 Å². The number of pyridine rings is 2. The zero-order valence-electron chi connectivity index (χ0n) is 15.6. The summed E-state index contributed by atoms with van der Waals surface area (Å²) in [4.78, 5) is 22.8. The smallest absolute Gasteiger partial charge is 0.221 e. The first kappa shape index (κ1) is 17.4. The first-order valence-electron chi connectivity index (χ1n) is 9.82. The third-order valence-electron chi connectivity index (χ3n) is 5.39. The molecule has 0 aliphatic carbocycles. The van der Waals surface area contributed by atoms with Crippen LogP contribution in [-0.2, 0) is 9.47 Å². The average Bonchev–Trinajstić information content (AvgIpc) is 3.24. The summed E-state index contributed by atoms with van der Waals surface area (Å²) in [7, 11) is 0. The number of anilines is 1. The van der Waals surface area contributed by atoms with Crippen molar-refractivity contribution in [2.45, 2.75) is 25.5 Å². The van der Waals surface area contributed by atoms with E-state index >= 15 is 0 Å². The summed E-state index contributed by atoms with van der Waals surface area (Å²) < 4.78 is 13.3. The molecule has 5 rings (SSSR count). The van der Waals surface area contributed by atoms with Crippen molar-refractivity contribution < 1.29 is 9.47 Å². The van der Waals surface area contributed by atoms with E-state index in [4.69, 9.17) is 14.5 Å². The van der Waals surface area contributed by atoms with E-state index in [2.05, 4.69) is 10.1 Å². The highest BCUT2D eigenvalue weighted by molar-refractivity contribution is 5.78. The Morgan fingerprint density at radius 2 is 2.04 bits per heavy atom. The van der Waals surface area contributed by atoms with E-state index in [-0.39, 0.29) is 11.7 Å². The second-order valence-corrected chi connectivity index (χ2v) is 7.18. The minimum absolute atomic E-state index is 0.0596. The molecule has 1 N–H and O–H groups in total. The van der Waals surface area contributed by atoms with Gasteiger partial charge in [-0.1, -0.05) is 0 Å². The van der Waals surface area contributed by atoms with E-state index in [0.29, 0.717) is 32.1 Å². The Labute approximate surface area is 162 Å². The fourth-order valence-electron chi connectivity index (χ4n) is 3.97. The zero-order chi connectivity index (χ0) is 18.9. The maximum absolute atomic E-state index is 12.7. The lowest BCUT2D eigenvalue weighted by molar-refractivity contribution is -0.0384. The fourth-order valence-corrected chi connectivity index (χ4v) is 3.97. The predicted octanol–water partition coefficient (Wildman–Crippen LogP) is 2.27. The Kier molecular flexibility index (Phi) is 4.58. The van der Waals surface area contributed by atoms with Crippen molar-refractivity contribution in [3.8, 4) is 22.6 Å². The summed E-state index contributed by atoms with van der Waals surface area (Å²) in [6, 6.07) is 5.51. The fraction of sp³-hybridized carbons (Fsp3) is 0.450. The van der Waals surface area contributed by atoms with Gasteiger partial charge in [-0.15, -0.1) is 0 Å². The summed E-state index contributed by atoms with van der Waals surface area (Å²) in [5, 5.41) is 4.51. The maximum atomic E-state index is 12.7. The first-order valence-corrected chi connectivity index (χ1v) is 9.82. The van der Waals surface area contributed by atoms with Crippen molar-refractivity contribution >= 4 is 5.82 Å². The van der Waals surface area contributed by atoms with Gasteiger partial charge in [0.15, 0.2) is 12.0 Å². The lowest BCUT2D eigenvalue weighted by Crippen LogP contribution is -2.39. The average molecular weight is 381 g/mol. The molecule has 4 aliphatic rings. The lowest BCUT2D eigenvalue weighted by atomic mass is 10.1. The van der Waals surface area contributed by atoms with Gasteiger partial charge < -0.3 is 19.4 Å². The number of hydrogen-bond acceptors (Lipinski definition) is 6. The summed E-state index contributed by atoms with van der Waals surface area (Å²) in [6.45, 7) is 3.32. The highest BCUT2D eigenvalue weighted by Crippen LogP contribution is 2.33. The molecule has 0 amide bonds. The topological polar surface area (TPSA) is 85.3 Å². The summed E-state index contributed by atoms with van der Waals surface area (Å²) >= 11 is 0. The van der Waals surface area contributed by atoms with Gasteiger partial charge in [0, 0.05) is 37.7 Å². The summed E-state index contributed by atoms with van der Waals surface area (Å²) in [5.74, 6) is 0.483. The van der Waals surface area contributed by atoms with Gasteiger partial charge in [0.25, 0.3) is 0 Å². The van der Waals surface area contributed by atoms with Crippen LogP contribution in [0.2, 0.25) is 0 Å². The van der Waals surface area contributed by atoms with Crippen LogP contribution in [0.1, 0.15) is 25.5 Å². The van der Waals surface area contributed by atoms with Crippen LogP contribution in [0.15, 0.2) is 35.4 Å². The summed E-state index contributed by atoms with van der Waals surface area (Å²) in [6.07, 6.45) is 6.71. The SMILES string of the molecule is O=c1cc2cc[nH]c(-c3ccnn3C3CCCCO3)c-2nc1N1CCOCC1. The molecule has 0 spiro atoms. The van der Waals surface area contributed by atoms with E-state index in [1.165, 1.54) is 0 Å². The maximum Gasteiger partial charge on any atom is 0.221 e. The number of nitrogens with zero attached hydrogens (tertiary/aromatic N) is 4. The molecule has 146 valence electrons. The predicted molar refractivity (Wildman–Crippen MR) is 105 cm³/mol. The van der Waals surface area contributed by atoms with Gasteiger partial charge in [-0.25, -0.2) is 9.67 Å².